The molecule has 0 bridgehead atoms. The number of hydrogen-bond acceptors (Lipinski definition) is 9. The van der Waals surface area contributed by atoms with Crippen LogP contribution in [0.25, 0.3) is 11.0 Å². The topological polar surface area (TPSA) is 82.5 Å². The number of fused-ring (bicyclic) bond motifs is 1. The minimum absolute atomic E-state index is 0.606. The molecule has 5 rings (SSSR count). The van der Waals surface area contributed by atoms with Crippen LogP contribution < -0.4 is 15.1 Å². The summed E-state index contributed by atoms with van der Waals surface area (Å²) >= 11 is 0. The van der Waals surface area contributed by atoms with Crippen LogP contribution in [0, 0.1) is 0 Å². The van der Waals surface area contributed by atoms with Crippen LogP contribution in [0.15, 0.2) is 36.7 Å². The predicted octanol–water partition coefficient (Wildman–Crippen LogP) is 2.44. The molecule has 180 valence electrons. The number of nitrogens with zero attached hydrogens (tertiary/aromatic N) is 7. The van der Waals surface area contributed by atoms with Crippen LogP contribution >= 0.6 is 0 Å². The van der Waals surface area contributed by atoms with Crippen molar-refractivity contribution in [1.29, 1.82) is 0 Å². The van der Waals surface area contributed by atoms with Crippen molar-refractivity contribution in [2.24, 2.45) is 0 Å². The highest BCUT2D eigenvalue weighted by atomic mass is 16.5. The average Bonchev–Trinajstić information content (AvgIpc) is 2.89. The molecule has 0 aliphatic carbocycles. The molecule has 1 N–H and O–H groups in total. The zero-order chi connectivity index (χ0) is 23.3. The highest BCUT2D eigenvalue weighted by Crippen LogP contribution is 2.30. The van der Waals surface area contributed by atoms with Crippen molar-refractivity contribution in [3.8, 4) is 0 Å². The van der Waals surface area contributed by atoms with Gasteiger partial charge in [0.1, 0.15) is 17.4 Å². The molecular weight excluding hydrogens is 428 g/mol. The molecule has 2 saturated heterocycles. The third-order valence-electron chi connectivity index (χ3n) is 6.79. The molecule has 1 aromatic carbocycles. The first kappa shape index (κ1) is 22.7. The Labute approximate surface area is 201 Å². The maximum absolute atomic E-state index is 5.59. The van der Waals surface area contributed by atoms with Crippen LogP contribution in [0.3, 0.4) is 0 Å². The van der Waals surface area contributed by atoms with Crippen molar-refractivity contribution in [3.05, 3.63) is 42.2 Å². The minimum Gasteiger partial charge on any atom is -0.378 e. The average molecular weight is 463 g/mol. The number of benzene rings is 1. The van der Waals surface area contributed by atoms with Gasteiger partial charge < -0.3 is 24.8 Å². The second-order valence-electron chi connectivity index (χ2n) is 9.21. The van der Waals surface area contributed by atoms with Crippen LogP contribution in [0.1, 0.15) is 18.4 Å². The van der Waals surface area contributed by atoms with Crippen molar-refractivity contribution in [2.45, 2.75) is 25.3 Å². The van der Waals surface area contributed by atoms with E-state index in [-0.39, 0.29) is 0 Å². The van der Waals surface area contributed by atoms with E-state index in [1.54, 1.807) is 6.33 Å². The van der Waals surface area contributed by atoms with Gasteiger partial charge in [0.2, 0.25) is 5.95 Å². The molecule has 0 saturated carbocycles. The molecule has 2 aliphatic heterocycles. The van der Waals surface area contributed by atoms with Crippen LogP contribution in [-0.2, 0) is 11.2 Å². The quantitative estimate of drug-likeness (QED) is 0.569. The number of aromatic nitrogens is 4. The second kappa shape index (κ2) is 10.5. The highest BCUT2D eigenvalue weighted by Gasteiger charge is 2.26. The normalized spacial score (nSPS) is 17.5. The van der Waals surface area contributed by atoms with Crippen LogP contribution in [0.5, 0.6) is 0 Å². The summed E-state index contributed by atoms with van der Waals surface area (Å²) in [5.74, 6) is 2.42. The van der Waals surface area contributed by atoms with Gasteiger partial charge in [0, 0.05) is 38.8 Å². The van der Waals surface area contributed by atoms with E-state index in [0.29, 0.717) is 19.3 Å². The molecule has 0 amide bonds. The monoisotopic (exact) mass is 462 g/mol. The molecule has 9 heteroatoms. The summed E-state index contributed by atoms with van der Waals surface area (Å²) < 4.78 is 5.59. The summed E-state index contributed by atoms with van der Waals surface area (Å²) in [4.78, 5) is 26.1. The third kappa shape index (κ3) is 5.05. The zero-order valence-electron chi connectivity index (χ0n) is 20.2. The van der Waals surface area contributed by atoms with Crippen molar-refractivity contribution in [1.82, 2.24) is 24.8 Å². The van der Waals surface area contributed by atoms with Gasteiger partial charge in [0.25, 0.3) is 0 Å². The molecule has 3 aromatic rings. The molecule has 2 aromatic heterocycles. The van der Waals surface area contributed by atoms with Crippen molar-refractivity contribution < 1.29 is 4.74 Å². The first-order valence-electron chi connectivity index (χ1n) is 12.2. The van der Waals surface area contributed by atoms with Gasteiger partial charge in [-0.1, -0.05) is 30.3 Å². The second-order valence-corrected chi connectivity index (χ2v) is 9.21. The highest BCUT2D eigenvalue weighted by molar-refractivity contribution is 5.93. The van der Waals surface area contributed by atoms with Crippen LogP contribution in [-0.4, -0.2) is 90.9 Å². The molecule has 0 spiro atoms. The lowest BCUT2D eigenvalue weighted by Gasteiger charge is -2.36. The lowest BCUT2D eigenvalue weighted by molar-refractivity contribution is 0.122. The van der Waals surface area contributed by atoms with Gasteiger partial charge in [-0.05, 0) is 38.9 Å². The maximum atomic E-state index is 5.59. The number of ether oxygens (including phenoxy) is 1. The fraction of sp³-hybridized carbons (Fsp3) is 0.520. The van der Waals surface area contributed by atoms with E-state index in [1.165, 1.54) is 5.56 Å². The largest absolute Gasteiger partial charge is 0.378 e. The summed E-state index contributed by atoms with van der Waals surface area (Å²) in [6, 6.07) is 11.1. The first-order chi connectivity index (χ1) is 16.7. The molecule has 0 unspecified atom stereocenters. The maximum Gasteiger partial charge on any atom is 0.228 e. The minimum atomic E-state index is 0.606. The van der Waals surface area contributed by atoms with E-state index in [2.05, 4.69) is 68.3 Å². The van der Waals surface area contributed by atoms with Gasteiger partial charge in [-0.2, -0.15) is 4.98 Å². The number of anilines is 3. The smallest absolute Gasteiger partial charge is 0.228 e. The number of morpholine rings is 1. The fourth-order valence-electron chi connectivity index (χ4n) is 4.74. The summed E-state index contributed by atoms with van der Waals surface area (Å²) in [7, 11) is 4.32. The number of hydrogen-bond donors (Lipinski definition) is 1. The van der Waals surface area contributed by atoms with E-state index in [1.807, 2.05) is 6.07 Å². The van der Waals surface area contributed by atoms with E-state index >= 15 is 0 Å². The van der Waals surface area contributed by atoms with E-state index in [4.69, 9.17) is 14.7 Å². The fourth-order valence-corrected chi connectivity index (χ4v) is 4.74. The molecule has 9 nitrogen and oxygen atoms in total. The Morgan fingerprint density at radius 3 is 2.44 bits per heavy atom. The third-order valence-corrected chi connectivity index (χ3v) is 6.79. The number of rotatable bonds is 7. The van der Waals surface area contributed by atoms with Crippen molar-refractivity contribution in [3.63, 3.8) is 0 Å². The van der Waals surface area contributed by atoms with Crippen LogP contribution in [0.4, 0.5) is 17.6 Å². The Bertz CT molecular complexity index is 1080. The SMILES string of the molecule is CN(C)C1CCN(c2nc(N3CCOCC3)c3ncnc(NCCc4ccccc4)c3n2)CC1. The van der Waals surface area contributed by atoms with E-state index in [0.717, 1.165) is 80.6 Å². The number of piperidine rings is 1. The summed E-state index contributed by atoms with van der Waals surface area (Å²) in [6.07, 6.45) is 4.74. The van der Waals surface area contributed by atoms with Crippen molar-refractivity contribution in [2.75, 3.05) is 75.1 Å². The molecule has 34 heavy (non-hydrogen) atoms. The molecule has 2 aliphatic rings. The first-order valence-corrected chi connectivity index (χ1v) is 12.2. The van der Waals surface area contributed by atoms with Gasteiger partial charge in [0.05, 0.1) is 13.2 Å². The summed E-state index contributed by atoms with van der Waals surface area (Å²) in [6.45, 7) is 5.66. The Hall–Kier alpha value is -3.04. The van der Waals surface area contributed by atoms with Crippen molar-refractivity contribution >= 4 is 28.6 Å². The molecular formula is C25H34N8O. The van der Waals surface area contributed by atoms with Crippen LogP contribution in [0.2, 0.25) is 0 Å². The molecule has 2 fully saturated rings. The number of nitrogens with one attached hydrogen (secondary N) is 1. The van der Waals surface area contributed by atoms with Gasteiger partial charge in [0.15, 0.2) is 11.6 Å². The predicted molar refractivity (Wildman–Crippen MR) is 136 cm³/mol. The molecule has 0 radical (unpaired) electrons. The van der Waals surface area contributed by atoms with E-state index < -0.39 is 0 Å². The van der Waals surface area contributed by atoms with Gasteiger partial charge >= 0.3 is 0 Å². The van der Waals surface area contributed by atoms with Gasteiger partial charge in [-0.15, -0.1) is 0 Å². The summed E-state index contributed by atoms with van der Waals surface area (Å²) in [5, 5.41) is 3.51. The van der Waals surface area contributed by atoms with E-state index in [9.17, 15) is 0 Å². The Kier molecular flexibility index (Phi) is 7.01. The lowest BCUT2D eigenvalue weighted by atomic mass is 10.0. The summed E-state index contributed by atoms with van der Waals surface area (Å²) in [5.41, 5.74) is 2.88. The Balaban J connectivity index is 1.45. The molecule has 0 atom stereocenters. The van der Waals surface area contributed by atoms with Gasteiger partial charge in [-0.25, -0.2) is 15.0 Å². The van der Waals surface area contributed by atoms with Gasteiger partial charge in [-0.3, -0.25) is 0 Å². The Morgan fingerprint density at radius 1 is 0.941 bits per heavy atom. The molecule has 4 heterocycles. The standard InChI is InChI=1S/C25H34N8O/c1-31(2)20-9-12-33(13-10-20)25-29-21-22(24(30-25)32-14-16-34-17-15-32)27-18-28-23(21)26-11-8-19-6-4-3-5-7-19/h3-7,18,20H,8-17H2,1-2H3,(H,26,27,28). The zero-order valence-corrected chi connectivity index (χ0v) is 20.2. The lowest BCUT2D eigenvalue weighted by Crippen LogP contribution is -2.43. The Morgan fingerprint density at radius 2 is 1.71 bits per heavy atom.